The van der Waals surface area contributed by atoms with Gasteiger partial charge in [0.15, 0.2) is 0 Å². The van der Waals surface area contributed by atoms with Crippen molar-refractivity contribution in [3.63, 3.8) is 0 Å². The largest absolute Gasteiger partial charge is 0.416 e. The summed E-state index contributed by atoms with van der Waals surface area (Å²) in [5.41, 5.74) is 0.965. The van der Waals surface area contributed by atoms with Crippen LogP contribution in [0.4, 0.5) is 13.2 Å². The zero-order valence-electron chi connectivity index (χ0n) is 14.8. The smallest absolute Gasteiger partial charge is 0.302 e. The van der Waals surface area contributed by atoms with Gasteiger partial charge >= 0.3 is 6.18 Å². The SMILES string of the molecule is CN(CCCN1C(=O)c2ccccc2C1=O)Cc1ccc(C(F)(F)F)cc1. The highest BCUT2D eigenvalue weighted by Gasteiger charge is 2.34. The second-order valence-electron chi connectivity index (χ2n) is 6.59. The van der Waals surface area contributed by atoms with Crippen LogP contribution >= 0.6 is 0 Å². The first-order valence-electron chi connectivity index (χ1n) is 8.57. The quantitative estimate of drug-likeness (QED) is 0.720. The van der Waals surface area contributed by atoms with E-state index in [9.17, 15) is 22.8 Å². The van der Waals surface area contributed by atoms with Crippen LogP contribution in [0.15, 0.2) is 48.5 Å². The highest BCUT2D eigenvalue weighted by Crippen LogP contribution is 2.29. The predicted molar refractivity (Wildman–Crippen MR) is 94.2 cm³/mol. The van der Waals surface area contributed by atoms with E-state index in [0.717, 1.165) is 17.7 Å². The average Bonchev–Trinajstić information content (AvgIpc) is 2.87. The molecule has 3 rings (SSSR count). The predicted octanol–water partition coefficient (Wildman–Crippen LogP) is 3.82. The van der Waals surface area contributed by atoms with Crippen molar-refractivity contribution < 1.29 is 22.8 Å². The number of carbonyl (C=O) groups excluding carboxylic acids is 2. The van der Waals surface area contributed by atoms with Gasteiger partial charge in [0.25, 0.3) is 11.8 Å². The van der Waals surface area contributed by atoms with Crippen LogP contribution in [0.1, 0.15) is 38.3 Å². The van der Waals surface area contributed by atoms with E-state index in [4.69, 9.17) is 0 Å². The van der Waals surface area contributed by atoms with Crippen molar-refractivity contribution in [2.45, 2.75) is 19.1 Å². The third-order valence-electron chi connectivity index (χ3n) is 4.53. The van der Waals surface area contributed by atoms with Crippen molar-refractivity contribution in [1.29, 1.82) is 0 Å². The van der Waals surface area contributed by atoms with Gasteiger partial charge in [-0.3, -0.25) is 14.5 Å². The molecule has 0 radical (unpaired) electrons. The Labute approximate surface area is 155 Å². The van der Waals surface area contributed by atoms with Gasteiger partial charge in [0.2, 0.25) is 0 Å². The number of hydrogen-bond acceptors (Lipinski definition) is 3. The van der Waals surface area contributed by atoms with Crippen LogP contribution in [0.3, 0.4) is 0 Å². The normalized spacial score (nSPS) is 14.2. The van der Waals surface area contributed by atoms with E-state index in [1.807, 2.05) is 11.9 Å². The lowest BCUT2D eigenvalue weighted by atomic mass is 10.1. The third-order valence-corrected chi connectivity index (χ3v) is 4.53. The van der Waals surface area contributed by atoms with Gasteiger partial charge in [0.05, 0.1) is 16.7 Å². The molecule has 0 saturated carbocycles. The molecule has 0 N–H and O–H groups in total. The Balaban J connectivity index is 1.50. The van der Waals surface area contributed by atoms with E-state index in [1.54, 1.807) is 24.3 Å². The van der Waals surface area contributed by atoms with Gasteiger partial charge in [-0.15, -0.1) is 0 Å². The lowest BCUT2D eigenvalue weighted by Gasteiger charge is -2.19. The summed E-state index contributed by atoms with van der Waals surface area (Å²) in [4.78, 5) is 27.8. The molecule has 2 aromatic carbocycles. The summed E-state index contributed by atoms with van der Waals surface area (Å²) in [6, 6.07) is 11.8. The Morgan fingerprint density at radius 1 is 0.926 bits per heavy atom. The van der Waals surface area contributed by atoms with Crippen LogP contribution in [0.2, 0.25) is 0 Å². The monoisotopic (exact) mass is 376 g/mol. The maximum absolute atomic E-state index is 12.6. The Morgan fingerprint density at radius 2 is 1.48 bits per heavy atom. The Morgan fingerprint density at radius 3 is 2.00 bits per heavy atom. The number of alkyl halides is 3. The molecular weight excluding hydrogens is 357 g/mol. The molecule has 4 nitrogen and oxygen atoms in total. The molecule has 1 heterocycles. The molecule has 0 aliphatic carbocycles. The van der Waals surface area contributed by atoms with Gasteiger partial charge in [-0.1, -0.05) is 24.3 Å². The zero-order chi connectivity index (χ0) is 19.6. The fourth-order valence-electron chi connectivity index (χ4n) is 3.13. The van der Waals surface area contributed by atoms with Gasteiger partial charge in [-0.2, -0.15) is 13.2 Å². The standard InChI is InChI=1S/C20H19F3N2O2/c1-24(13-14-7-9-15(10-8-14)20(21,22)23)11-4-12-25-18(26)16-5-2-3-6-17(16)19(25)27/h2-3,5-10H,4,11-13H2,1H3. The summed E-state index contributed by atoms with van der Waals surface area (Å²) in [5.74, 6) is -0.554. The number of benzene rings is 2. The summed E-state index contributed by atoms with van der Waals surface area (Å²) in [5, 5.41) is 0. The van der Waals surface area contributed by atoms with E-state index in [0.29, 0.717) is 37.2 Å². The van der Waals surface area contributed by atoms with Gasteiger partial charge in [0, 0.05) is 13.1 Å². The fraction of sp³-hybridized carbons (Fsp3) is 0.300. The third kappa shape index (κ3) is 4.19. The Bertz CT molecular complexity index is 812. The molecule has 0 fully saturated rings. The lowest BCUT2D eigenvalue weighted by molar-refractivity contribution is -0.137. The maximum atomic E-state index is 12.6. The summed E-state index contributed by atoms with van der Waals surface area (Å²) < 4.78 is 37.8. The number of imide groups is 1. The molecular formula is C20H19F3N2O2. The first kappa shape index (κ1) is 19.1. The Kier molecular flexibility index (Phi) is 5.32. The van der Waals surface area contributed by atoms with Crippen LogP contribution in [-0.4, -0.2) is 41.8 Å². The fourth-order valence-corrected chi connectivity index (χ4v) is 3.13. The number of rotatable bonds is 6. The van der Waals surface area contributed by atoms with Crippen LogP contribution in [0, 0.1) is 0 Å². The Hall–Kier alpha value is -2.67. The van der Waals surface area contributed by atoms with E-state index in [1.165, 1.54) is 17.0 Å². The summed E-state index contributed by atoms with van der Waals surface area (Å²) in [6.07, 6.45) is -3.75. The molecule has 0 saturated heterocycles. The molecule has 2 amide bonds. The van der Waals surface area contributed by atoms with Crippen molar-refractivity contribution in [3.8, 4) is 0 Å². The maximum Gasteiger partial charge on any atom is 0.416 e. The van der Waals surface area contributed by atoms with E-state index in [-0.39, 0.29) is 11.8 Å². The summed E-state index contributed by atoms with van der Waals surface area (Å²) in [6.45, 7) is 1.40. The number of nitrogens with zero attached hydrogens (tertiary/aromatic N) is 2. The molecule has 0 spiro atoms. The minimum Gasteiger partial charge on any atom is -0.302 e. The molecule has 1 aliphatic heterocycles. The molecule has 2 aromatic rings. The van der Waals surface area contributed by atoms with Crippen molar-refractivity contribution in [2.24, 2.45) is 0 Å². The summed E-state index contributed by atoms with van der Waals surface area (Å²) in [7, 11) is 1.85. The minimum absolute atomic E-state index is 0.277. The molecule has 0 atom stereocenters. The van der Waals surface area contributed by atoms with Crippen LogP contribution in [-0.2, 0) is 12.7 Å². The molecule has 0 unspecified atom stereocenters. The van der Waals surface area contributed by atoms with Crippen LogP contribution < -0.4 is 0 Å². The van der Waals surface area contributed by atoms with Gasteiger partial charge in [0.1, 0.15) is 0 Å². The molecule has 142 valence electrons. The second kappa shape index (κ2) is 7.52. The first-order valence-corrected chi connectivity index (χ1v) is 8.57. The zero-order valence-corrected chi connectivity index (χ0v) is 14.8. The van der Waals surface area contributed by atoms with E-state index in [2.05, 4.69) is 0 Å². The van der Waals surface area contributed by atoms with Crippen LogP contribution in [0.5, 0.6) is 0 Å². The number of amides is 2. The van der Waals surface area contributed by atoms with Crippen molar-refractivity contribution in [3.05, 3.63) is 70.8 Å². The highest BCUT2D eigenvalue weighted by atomic mass is 19.4. The summed E-state index contributed by atoms with van der Waals surface area (Å²) >= 11 is 0. The molecule has 27 heavy (non-hydrogen) atoms. The molecule has 1 aliphatic rings. The van der Waals surface area contributed by atoms with E-state index >= 15 is 0 Å². The van der Waals surface area contributed by atoms with E-state index < -0.39 is 11.7 Å². The first-order chi connectivity index (χ1) is 12.8. The average molecular weight is 376 g/mol. The highest BCUT2D eigenvalue weighted by molar-refractivity contribution is 6.21. The van der Waals surface area contributed by atoms with Crippen molar-refractivity contribution in [1.82, 2.24) is 9.80 Å². The van der Waals surface area contributed by atoms with Gasteiger partial charge in [-0.05, 0) is 49.8 Å². The minimum atomic E-state index is -4.34. The van der Waals surface area contributed by atoms with Gasteiger partial charge in [-0.25, -0.2) is 0 Å². The second-order valence-corrected chi connectivity index (χ2v) is 6.59. The van der Waals surface area contributed by atoms with Crippen molar-refractivity contribution >= 4 is 11.8 Å². The number of halogens is 3. The molecule has 7 heteroatoms. The van der Waals surface area contributed by atoms with Gasteiger partial charge < -0.3 is 4.90 Å². The lowest BCUT2D eigenvalue weighted by Crippen LogP contribution is -2.32. The van der Waals surface area contributed by atoms with Crippen molar-refractivity contribution in [2.75, 3.05) is 20.1 Å². The number of fused-ring (bicyclic) bond motifs is 1. The number of hydrogen-bond donors (Lipinski definition) is 0. The molecule has 0 aromatic heterocycles. The van der Waals surface area contributed by atoms with Crippen LogP contribution in [0.25, 0.3) is 0 Å². The molecule has 0 bridgehead atoms. The topological polar surface area (TPSA) is 40.6 Å². The number of carbonyl (C=O) groups is 2.